The molecule has 2 amide bonds. The minimum absolute atomic E-state index is 0.0429. The lowest BCUT2D eigenvalue weighted by Crippen LogP contribution is -2.52. The highest BCUT2D eigenvalue weighted by Crippen LogP contribution is 2.23. The SMILES string of the molecule is O=C(NCC(c1ccccc1)c1ccccc1)N[C@@H](Cc1ccccc1)C(=O)[O-]. The van der Waals surface area contributed by atoms with Crippen molar-refractivity contribution in [3.05, 3.63) is 108 Å². The van der Waals surface area contributed by atoms with Crippen LogP contribution in [0, 0.1) is 0 Å². The number of benzene rings is 3. The first kappa shape index (κ1) is 20.1. The maximum atomic E-state index is 12.4. The molecule has 148 valence electrons. The van der Waals surface area contributed by atoms with Crippen LogP contribution in [0.4, 0.5) is 4.79 Å². The predicted octanol–water partition coefficient (Wildman–Crippen LogP) is 2.48. The Morgan fingerprint density at radius 2 is 1.24 bits per heavy atom. The molecule has 0 aliphatic heterocycles. The van der Waals surface area contributed by atoms with Crippen molar-refractivity contribution in [3.63, 3.8) is 0 Å². The molecule has 0 saturated carbocycles. The van der Waals surface area contributed by atoms with E-state index in [0.29, 0.717) is 6.54 Å². The van der Waals surface area contributed by atoms with Gasteiger partial charge in [0.1, 0.15) is 0 Å². The Morgan fingerprint density at radius 1 is 0.759 bits per heavy atom. The molecule has 5 nitrogen and oxygen atoms in total. The van der Waals surface area contributed by atoms with Gasteiger partial charge in [-0.05, 0) is 23.1 Å². The lowest BCUT2D eigenvalue weighted by molar-refractivity contribution is -0.308. The topological polar surface area (TPSA) is 81.3 Å². The second kappa shape index (κ2) is 10.1. The van der Waals surface area contributed by atoms with Crippen molar-refractivity contribution in [2.45, 2.75) is 18.4 Å². The molecule has 0 radical (unpaired) electrons. The molecule has 29 heavy (non-hydrogen) atoms. The van der Waals surface area contributed by atoms with Crippen molar-refractivity contribution < 1.29 is 14.7 Å². The maximum Gasteiger partial charge on any atom is 0.315 e. The van der Waals surface area contributed by atoms with Gasteiger partial charge in [-0.15, -0.1) is 0 Å². The summed E-state index contributed by atoms with van der Waals surface area (Å²) in [5, 5.41) is 16.8. The first-order valence-electron chi connectivity index (χ1n) is 9.52. The van der Waals surface area contributed by atoms with Crippen LogP contribution >= 0.6 is 0 Å². The molecule has 3 aromatic rings. The second-order valence-electron chi connectivity index (χ2n) is 6.79. The zero-order valence-electron chi connectivity index (χ0n) is 16.0. The van der Waals surface area contributed by atoms with Crippen molar-refractivity contribution >= 4 is 12.0 Å². The fourth-order valence-corrected chi connectivity index (χ4v) is 3.25. The molecule has 0 aliphatic rings. The third kappa shape index (κ3) is 5.94. The Hall–Kier alpha value is -3.60. The van der Waals surface area contributed by atoms with Crippen molar-refractivity contribution in [3.8, 4) is 0 Å². The second-order valence-corrected chi connectivity index (χ2v) is 6.79. The van der Waals surface area contributed by atoms with E-state index in [2.05, 4.69) is 10.6 Å². The molecule has 0 fully saturated rings. The molecule has 3 rings (SSSR count). The summed E-state index contributed by atoms with van der Waals surface area (Å²) in [4.78, 5) is 23.9. The fourth-order valence-electron chi connectivity index (χ4n) is 3.25. The lowest BCUT2D eigenvalue weighted by Gasteiger charge is -2.22. The summed E-state index contributed by atoms with van der Waals surface area (Å²) in [6, 6.07) is 27.2. The zero-order chi connectivity index (χ0) is 20.5. The minimum atomic E-state index is -1.31. The van der Waals surface area contributed by atoms with E-state index in [4.69, 9.17) is 0 Å². The number of rotatable bonds is 8. The molecule has 1 atom stereocenters. The van der Waals surface area contributed by atoms with Gasteiger partial charge in [0.2, 0.25) is 0 Å². The summed E-state index contributed by atoms with van der Waals surface area (Å²) < 4.78 is 0. The van der Waals surface area contributed by atoms with Gasteiger partial charge in [0.15, 0.2) is 0 Å². The van der Waals surface area contributed by atoms with E-state index in [-0.39, 0.29) is 12.3 Å². The highest BCUT2D eigenvalue weighted by Gasteiger charge is 2.18. The number of aliphatic carboxylic acids is 1. The quantitative estimate of drug-likeness (QED) is 0.623. The van der Waals surface area contributed by atoms with E-state index < -0.39 is 18.0 Å². The molecule has 0 bridgehead atoms. The summed E-state index contributed by atoms with van der Waals surface area (Å²) in [5.74, 6) is -1.36. The van der Waals surface area contributed by atoms with Crippen LogP contribution in [0.1, 0.15) is 22.6 Å². The molecule has 0 aliphatic carbocycles. The van der Waals surface area contributed by atoms with Crippen molar-refractivity contribution in [1.82, 2.24) is 10.6 Å². The Balaban J connectivity index is 1.65. The molecular weight excluding hydrogens is 364 g/mol. The summed E-state index contributed by atoms with van der Waals surface area (Å²) in [6.07, 6.45) is 0.164. The number of carbonyl (C=O) groups is 2. The van der Waals surface area contributed by atoms with E-state index in [9.17, 15) is 14.7 Å². The highest BCUT2D eigenvalue weighted by atomic mass is 16.4. The standard InChI is InChI=1S/C24H24N2O3/c27-23(28)22(16-18-10-4-1-5-11-18)26-24(29)25-17-21(19-12-6-2-7-13-19)20-14-8-3-9-15-20/h1-15,21-22H,16-17H2,(H,27,28)(H2,25,26,29)/p-1/t22-/m0/s1. The van der Waals surface area contributed by atoms with Crippen LogP contribution in [0.25, 0.3) is 0 Å². The number of carboxylic acids is 1. The zero-order valence-corrected chi connectivity index (χ0v) is 16.0. The van der Waals surface area contributed by atoms with E-state index in [1.165, 1.54) is 0 Å². The number of amides is 2. The van der Waals surface area contributed by atoms with E-state index in [1.54, 1.807) is 0 Å². The number of carbonyl (C=O) groups excluding carboxylic acids is 2. The van der Waals surface area contributed by atoms with Crippen molar-refractivity contribution in [2.24, 2.45) is 0 Å². The number of hydrogen-bond donors (Lipinski definition) is 2. The molecule has 0 spiro atoms. The summed E-state index contributed by atoms with van der Waals surface area (Å²) in [6.45, 7) is 0.338. The van der Waals surface area contributed by atoms with Crippen LogP contribution < -0.4 is 15.7 Å². The van der Waals surface area contributed by atoms with Crippen LogP contribution in [0.2, 0.25) is 0 Å². The number of nitrogens with one attached hydrogen (secondary N) is 2. The van der Waals surface area contributed by atoms with Crippen molar-refractivity contribution in [1.29, 1.82) is 0 Å². The van der Waals surface area contributed by atoms with Crippen LogP contribution in [0.15, 0.2) is 91.0 Å². The van der Waals surface area contributed by atoms with Gasteiger partial charge < -0.3 is 20.5 Å². The van der Waals surface area contributed by atoms with Gasteiger partial charge in [-0.3, -0.25) is 0 Å². The number of hydrogen-bond acceptors (Lipinski definition) is 3. The fraction of sp³-hybridized carbons (Fsp3) is 0.167. The van der Waals surface area contributed by atoms with Gasteiger partial charge in [0.05, 0.1) is 12.0 Å². The Bertz CT molecular complexity index is 875. The molecule has 3 aromatic carbocycles. The molecule has 0 aromatic heterocycles. The molecule has 0 saturated heterocycles. The van der Waals surface area contributed by atoms with Crippen molar-refractivity contribution in [2.75, 3.05) is 6.54 Å². The Labute approximate surface area is 170 Å². The summed E-state index contributed by atoms with van der Waals surface area (Å²) in [5.41, 5.74) is 2.95. The van der Waals surface area contributed by atoms with E-state index >= 15 is 0 Å². The normalized spacial score (nSPS) is 11.6. The monoisotopic (exact) mass is 387 g/mol. The average Bonchev–Trinajstić information content (AvgIpc) is 2.75. The smallest absolute Gasteiger partial charge is 0.315 e. The summed E-state index contributed by atoms with van der Waals surface area (Å²) >= 11 is 0. The van der Waals surface area contributed by atoms with Gasteiger partial charge in [-0.25, -0.2) is 4.79 Å². The van der Waals surface area contributed by atoms with Crippen LogP contribution in [0.3, 0.4) is 0 Å². The summed E-state index contributed by atoms with van der Waals surface area (Å²) in [7, 11) is 0. The Kier molecular flexibility index (Phi) is 7.00. The maximum absolute atomic E-state index is 12.4. The first-order chi connectivity index (χ1) is 14.1. The van der Waals surface area contributed by atoms with Gasteiger partial charge in [0.25, 0.3) is 0 Å². The largest absolute Gasteiger partial charge is 0.548 e. The van der Waals surface area contributed by atoms with Crippen LogP contribution in [0.5, 0.6) is 0 Å². The van der Waals surface area contributed by atoms with Gasteiger partial charge in [0, 0.05) is 12.5 Å². The lowest BCUT2D eigenvalue weighted by atomic mass is 9.91. The van der Waals surface area contributed by atoms with E-state index in [1.807, 2.05) is 91.0 Å². The van der Waals surface area contributed by atoms with E-state index in [0.717, 1.165) is 16.7 Å². The third-order valence-electron chi connectivity index (χ3n) is 4.74. The van der Waals surface area contributed by atoms with Gasteiger partial charge in [-0.2, -0.15) is 0 Å². The van der Waals surface area contributed by atoms with Crippen LogP contribution in [-0.4, -0.2) is 24.6 Å². The highest BCUT2D eigenvalue weighted by molar-refractivity contribution is 5.81. The molecule has 0 heterocycles. The molecule has 5 heteroatoms. The number of carboxylic acid groups (broad SMARTS) is 1. The Morgan fingerprint density at radius 3 is 1.72 bits per heavy atom. The van der Waals surface area contributed by atoms with Gasteiger partial charge in [-0.1, -0.05) is 91.0 Å². The molecular formula is C24H23N2O3-. The van der Waals surface area contributed by atoms with Gasteiger partial charge >= 0.3 is 6.03 Å². The minimum Gasteiger partial charge on any atom is -0.548 e. The first-order valence-corrected chi connectivity index (χ1v) is 9.52. The predicted molar refractivity (Wildman–Crippen MR) is 110 cm³/mol. The average molecular weight is 387 g/mol. The number of urea groups is 1. The molecule has 2 N–H and O–H groups in total. The molecule has 0 unspecified atom stereocenters. The van der Waals surface area contributed by atoms with Crippen LogP contribution in [-0.2, 0) is 11.2 Å². The third-order valence-corrected chi connectivity index (χ3v) is 4.74.